The Kier molecular flexibility index (Phi) is 4.24. The van der Waals surface area contributed by atoms with Gasteiger partial charge in [0.15, 0.2) is 5.78 Å². The van der Waals surface area contributed by atoms with Crippen LogP contribution >= 0.6 is 27.3 Å². The summed E-state index contributed by atoms with van der Waals surface area (Å²) < 4.78 is 12.6. The van der Waals surface area contributed by atoms with Gasteiger partial charge >= 0.3 is 5.97 Å². The zero-order chi connectivity index (χ0) is 20.4. The molecular weight excluding hydrogens is 458 g/mol. The molecule has 6 nitrogen and oxygen atoms in total. The van der Waals surface area contributed by atoms with Gasteiger partial charge in [-0.15, -0.1) is 11.3 Å². The van der Waals surface area contributed by atoms with E-state index in [2.05, 4.69) is 21.2 Å². The van der Waals surface area contributed by atoms with E-state index in [-0.39, 0.29) is 24.7 Å². The lowest BCUT2D eigenvalue weighted by molar-refractivity contribution is -0.158. The van der Waals surface area contributed by atoms with Gasteiger partial charge in [0.25, 0.3) is 0 Å². The van der Waals surface area contributed by atoms with Crippen molar-refractivity contribution in [2.75, 3.05) is 11.9 Å². The first-order chi connectivity index (χ1) is 14.0. The number of halogens is 1. The highest BCUT2D eigenvalue weighted by atomic mass is 79.9. The molecule has 8 heteroatoms. The topological polar surface area (TPSA) is 81.7 Å². The van der Waals surface area contributed by atoms with Crippen LogP contribution in [0.5, 0.6) is 0 Å². The quantitative estimate of drug-likeness (QED) is 0.686. The average Bonchev–Trinajstić information content (AvgIpc) is 3.37. The number of hydrogen-bond donors (Lipinski definition) is 1. The first-order valence-electron chi connectivity index (χ1n) is 9.48. The number of carbonyl (C=O) groups excluding carboxylic acids is 3. The largest absolute Gasteiger partial charge is 0.466 e. The van der Waals surface area contributed by atoms with Crippen molar-refractivity contribution >= 4 is 50.6 Å². The molecule has 1 aromatic carbocycles. The number of thiophene rings is 1. The predicted octanol–water partition coefficient (Wildman–Crippen LogP) is 3.54. The number of anilines is 1. The van der Waals surface area contributed by atoms with Crippen LogP contribution in [0.2, 0.25) is 0 Å². The van der Waals surface area contributed by atoms with Crippen LogP contribution in [0.25, 0.3) is 0 Å². The Bertz CT molecular complexity index is 1040. The van der Waals surface area contributed by atoms with E-state index in [1.807, 2.05) is 29.6 Å². The van der Waals surface area contributed by atoms with E-state index in [0.29, 0.717) is 17.7 Å². The molecule has 2 fully saturated rings. The summed E-state index contributed by atoms with van der Waals surface area (Å²) in [7, 11) is 0. The highest BCUT2D eigenvalue weighted by molar-refractivity contribution is 9.10. The summed E-state index contributed by atoms with van der Waals surface area (Å²) in [6.07, 6.45) is -0.435. The summed E-state index contributed by atoms with van der Waals surface area (Å²) in [6.45, 7) is 1.87. The highest BCUT2D eigenvalue weighted by Crippen LogP contribution is 2.66. The molecule has 4 atom stereocenters. The van der Waals surface area contributed by atoms with Crippen molar-refractivity contribution in [1.29, 1.82) is 0 Å². The van der Waals surface area contributed by atoms with E-state index in [1.54, 1.807) is 13.0 Å². The molecule has 4 heterocycles. The molecule has 2 saturated heterocycles. The summed E-state index contributed by atoms with van der Waals surface area (Å²) in [5.74, 6) is -2.11. The van der Waals surface area contributed by atoms with Gasteiger partial charge in [0.05, 0.1) is 6.61 Å². The SMILES string of the molecule is CCOC(=O)[C@H]1[C@H]2O[C@](c3cccs3)(CCC2=O)[C@]12C(=O)Nc1ccc(Br)cc12. The molecule has 150 valence electrons. The van der Waals surface area contributed by atoms with Crippen molar-refractivity contribution in [3.8, 4) is 0 Å². The molecular formula is C21H18BrNO5S. The Balaban J connectivity index is 1.86. The fourth-order valence-corrected chi connectivity index (χ4v) is 6.55. The summed E-state index contributed by atoms with van der Waals surface area (Å²) in [6, 6.07) is 9.30. The van der Waals surface area contributed by atoms with Crippen LogP contribution in [0.3, 0.4) is 0 Å². The van der Waals surface area contributed by atoms with Gasteiger partial charge in [0.2, 0.25) is 5.91 Å². The Morgan fingerprint density at radius 3 is 2.93 bits per heavy atom. The summed E-state index contributed by atoms with van der Waals surface area (Å²) >= 11 is 4.96. The molecule has 0 radical (unpaired) electrons. The fraction of sp³-hybridized carbons (Fsp3) is 0.381. The minimum atomic E-state index is -1.37. The second-order valence-electron chi connectivity index (χ2n) is 7.49. The summed E-state index contributed by atoms with van der Waals surface area (Å²) in [5, 5.41) is 4.86. The van der Waals surface area contributed by atoms with Gasteiger partial charge in [-0.25, -0.2) is 0 Å². The summed E-state index contributed by atoms with van der Waals surface area (Å²) in [4.78, 5) is 40.6. The predicted molar refractivity (Wildman–Crippen MR) is 110 cm³/mol. The molecule has 29 heavy (non-hydrogen) atoms. The average molecular weight is 476 g/mol. The number of ketones is 1. The normalized spacial score (nSPS) is 32.3. The number of hydrogen-bond acceptors (Lipinski definition) is 6. The van der Waals surface area contributed by atoms with Crippen molar-refractivity contribution in [1.82, 2.24) is 0 Å². The lowest BCUT2D eigenvalue weighted by Crippen LogP contribution is -2.55. The number of esters is 1. The summed E-state index contributed by atoms with van der Waals surface area (Å²) in [5.41, 5.74) is -1.18. The Morgan fingerprint density at radius 1 is 1.38 bits per heavy atom. The molecule has 0 unspecified atom stereocenters. The number of Topliss-reactive ketones (excluding diaryl/α,β-unsaturated/α-hetero) is 1. The number of rotatable bonds is 3. The molecule has 3 aliphatic heterocycles. The molecule has 1 amide bonds. The molecule has 2 bridgehead atoms. The second kappa shape index (κ2) is 6.48. The molecule has 2 aromatic rings. The van der Waals surface area contributed by atoms with E-state index < -0.39 is 29.0 Å². The molecule has 1 aromatic heterocycles. The van der Waals surface area contributed by atoms with Gasteiger partial charge in [-0.2, -0.15) is 0 Å². The third-order valence-electron chi connectivity index (χ3n) is 6.25. The van der Waals surface area contributed by atoms with Crippen LogP contribution in [0, 0.1) is 5.92 Å². The molecule has 0 saturated carbocycles. The van der Waals surface area contributed by atoms with Gasteiger partial charge in [0.1, 0.15) is 23.0 Å². The lowest BCUT2D eigenvalue weighted by atomic mass is 9.60. The maximum absolute atomic E-state index is 13.7. The molecule has 5 rings (SSSR count). The molecule has 1 N–H and O–H groups in total. The van der Waals surface area contributed by atoms with Crippen LogP contribution in [-0.2, 0) is 34.9 Å². The van der Waals surface area contributed by atoms with Crippen LogP contribution in [0.4, 0.5) is 5.69 Å². The Morgan fingerprint density at radius 2 is 2.21 bits per heavy atom. The van der Waals surface area contributed by atoms with Crippen LogP contribution in [0.1, 0.15) is 30.2 Å². The van der Waals surface area contributed by atoms with E-state index in [9.17, 15) is 14.4 Å². The third-order valence-corrected chi connectivity index (χ3v) is 7.75. The fourth-order valence-electron chi connectivity index (χ4n) is 5.23. The number of carbonyl (C=O) groups is 3. The molecule has 0 aliphatic carbocycles. The molecule has 3 aliphatic rings. The van der Waals surface area contributed by atoms with Crippen molar-refractivity contribution in [2.45, 2.75) is 36.9 Å². The Hall–Kier alpha value is -2.03. The minimum absolute atomic E-state index is 0.158. The van der Waals surface area contributed by atoms with Crippen LogP contribution in [-0.4, -0.2) is 30.4 Å². The van der Waals surface area contributed by atoms with E-state index in [4.69, 9.17) is 9.47 Å². The third kappa shape index (κ3) is 2.28. The van der Waals surface area contributed by atoms with E-state index in [0.717, 1.165) is 9.35 Å². The minimum Gasteiger partial charge on any atom is -0.466 e. The monoisotopic (exact) mass is 475 g/mol. The van der Waals surface area contributed by atoms with E-state index in [1.165, 1.54) is 11.3 Å². The number of benzene rings is 1. The first-order valence-corrected chi connectivity index (χ1v) is 11.2. The number of fused-ring (bicyclic) bond motifs is 5. The van der Waals surface area contributed by atoms with Crippen molar-refractivity contribution < 1.29 is 23.9 Å². The molecule has 1 spiro atoms. The second-order valence-corrected chi connectivity index (χ2v) is 9.35. The van der Waals surface area contributed by atoms with Gasteiger partial charge in [0, 0.05) is 21.5 Å². The van der Waals surface area contributed by atoms with Gasteiger partial charge in [-0.1, -0.05) is 22.0 Å². The standard InChI is InChI=1S/C21H18BrNO5S/c1-2-27-18(25)16-17-14(24)7-8-20(28-17,15-4-3-9-29-15)21(16)12-10-11(22)5-6-13(12)23-19(21)26/h3-6,9-10,16-17H,2,7-8H2,1H3,(H,23,26)/t16-,17+,20+,21+/m1/s1. The number of nitrogens with one attached hydrogen (secondary N) is 1. The Labute approximate surface area is 179 Å². The maximum Gasteiger partial charge on any atom is 0.313 e. The van der Waals surface area contributed by atoms with Crippen molar-refractivity contribution in [3.05, 3.63) is 50.6 Å². The zero-order valence-electron chi connectivity index (χ0n) is 15.6. The number of ether oxygens (including phenoxy) is 2. The van der Waals surface area contributed by atoms with Gasteiger partial charge in [-0.05, 0) is 48.6 Å². The van der Waals surface area contributed by atoms with E-state index >= 15 is 0 Å². The van der Waals surface area contributed by atoms with Gasteiger partial charge < -0.3 is 14.8 Å². The zero-order valence-corrected chi connectivity index (χ0v) is 18.0. The maximum atomic E-state index is 13.7. The number of amides is 1. The lowest BCUT2D eigenvalue weighted by Gasteiger charge is -2.42. The van der Waals surface area contributed by atoms with Gasteiger partial charge in [-0.3, -0.25) is 14.4 Å². The van der Waals surface area contributed by atoms with Crippen molar-refractivity contribution in [2.24, 2.45) is 5.92 Å². The smallest absolute Gasteiger partial charge is 0.313 e. The first kappa shape index (κ1) is 19.0. The van der Waals surface area contributed by atoms with Crippen LogP contribution in [0.15, 0.2) is 40.2 Å². The highest BCUT2D eigenvalue weighted by Gasteiger charge is 2.78. The van der Waals surface area contributed by atoms with Crippen LogP contribution < -0.4 is 5.32 Å². The van der Waals surface area contributed by atoms with Crippen molar-refractivity contribution in [3.63, 3.8) is 0 Å².